The molecule has 210 valence electrons. The van der Waals surface area contributed by atoms with Gasteiger partial charge in [-0.15, -0.1) is 0 Å². The maximum atomic E-state index is 13.2. The molecule has 0 radical (unpaired) electrons. The zero-order valence-corrected chi connectivity index (χ0v) is 21.0. The number of nitrogens with one attached hydrogen (secondary N) is 4. The minimum Gasteiger partial charge on any atom is -0.480 e. The predicted octanol–water partition coefficient (Wildman–Crippen LogP) is -2.80. The molecule has 1 heterocycles. The van der Waals surface area contributed by atoms with Crippen LogP contribution in [0.15, 0.2) is 42.9 Å². The number of amides is 5. The van der Waals surface area contributed by atoms with Gasteiger partial charge in [0.25, 0.3) is 0 Å². The fourth-order valence-electron chi connectivity index (χ4n) is 3.54. The van der Waals surface area contributed by atoms with E-state index in [1.807, 2.05) is 0 Å². The zero-order valence-electron chi connectivity index (χ0n) is 21.0. The van der Waals surface area contributed by atoms with Gasteiger partial charge in [-0.05, 0) is 12.0 Å². The van der Waals surface area contributed by atoms with E-state index in [9.17, 15) is 33.9 Å². The molecule has 0 fully saturated rings. The third-order valence-corrected chi connectivity index (χ3v) is 5.59. The third-order valence-electron chi connectivity index (χ3n) is 5.59. The lowest BCUT2D eigenvalue weighted by Gasteiger charge is -2.25. The summed E-state index contributed by atoms with van der Waals surface area (Å²) >= 11 is 0. The molecule has 5 amide bonds. The van der Waals surface area contributed by atoms with Crippen molar-refractivity contribution < 1.29 is 33.9 Å². The highest BCUT2D eigenvalue weighted by Crippen LogP contribution is 2.07. The fourth-order valence-corrected chi connectivity index (χ4v) is 3.54. The number of hydrogen-bond donors (Lipinski definition) is 8. The van der Waals surface area contributed by atoms with Crippen molar-refractivity contribution in [1.82, 2.24) is 25.9 Å². The minimum atomic E-state index is -1.54. The van der Waals surface area contributed by atoms with Crippen LogP contribution in [0, 0.1) is 0 Å². The summed E-state index contributed by atoms with van der Waals surface area (Å²) in [6.45, 7) is 0. The first-order chi connectivity index (χ1) is 18.5. The molecular formula is C24H32N8O7. The summed E-state index contributed by atoms with van der Waals surface area (Å²) in [7, 11) is 0. The van der Waals surface area contributed by atoms with E-state index in [0.717, 1.165) is 0 Å². The molecule has 0 saturated heterocycles. The number of carbonyl (C=O) groups excluding carboxylic acids is 5. The Balaban J connectivity index is 2.20. The lowest BCUT2D eigenvalue weighted by molar-refractivity contribution is -0.142. The second kappa shape index (κ2) is 14.8. The van der Waals surface area contributed by atoms with E-state index in [0.29, 0.717) is 11.3 Å². The predicted molar refractivity (Wildman–Crippen MR) is 136 cm³/mol. The van der Waals surface area contributed by atoms with E-state index in [4.69, 9.17) is 17.2 Å². The summed E-state index contributed by atoms with van der Waals surface area (Å²) < 4.78 is 0. The van der Waals surface area contributed by atoms with E-state index in [-0.39, 0.29) is 25.7 Å². The Morgan fingerprint density at radius 1 is 0.846 bits per heavy atom. The maximum Gasteiger partial charge on any atom is 0.326 e. The Kier molecular flexibility index (Phi) is 11.6. The van der Waals surface area contributed by atoms with Crippen LogP contribution < -0.4 is 33.2 Å². The average molecular weight is 545 g/mol. The summed E-state index contributed by atoms with van der Waals surface area (Å²) in [5, 5.41) is 16.7. The molecule has 15 nitrogen and oxygen atoms in total. The van der Waals surface area contributed by atoms with Crippen molar-refractivity contribution >= 4 is 35.5 Å². The molecule has 0 saturated carbocycles. The van der Waals surface area contributed by atoms with Gasteiger partial charge >= 0.3 is 5.97 Å². The number of carboxylic acid groups (broad SMARTS) is 1. The van der Waals surface area contributed by atoms with Gasteiger partial charge in [-0.1, -0.05) is 30.3 Å². The molecule has 0 aliphatic carbocycles. The van der Waals surface area contributed by atoms with Crippen LogP contribution in [0.25, 0.3) is 0 Å². The second-order valence-corrected chi connectivity index (χ2v) is 8.77. The van der Waals surface area contributed by atoms with Gasteiger partial charge < -0.3 is 43.2 Å². The van der Waals surface area contributed by atoms with Gasteiger partial charge in [-0.3, -0.25) is 24.0 Å². The number of aromatic amines is 1. The van der Waals surface area contributed by atoms with Gasteiger partial charge in [-0.25, -0.2) is 9.78 Å². The van der Waals surface area contributed by atoms with E-state index in [2.05, 4.69) is 25.9 Å². The first-order valence-electron chi connectivity index (χ1n) is 11.9. The molecule has 1 aromatic carbocycles. The smallest absolute Gasteiger partial charge is 0.326 e. The maximum absolute atomic E-state index is 13.2. The lowest BCUT2D eigenvalue weighted by Crippen LogP contribution is -2.58. The van der Waals surface area contributed by atoms with Gasteiger partial charge in [0.15, 0.2) is 0 Å². The first kappa shape index (κ1) is 30.4. The summed E-state index contributed by atoms with van der Waals surface area (Å²) in [6, 6.07) is 3.27. The quantitative estimate of drug-likeness (QED) is 0.108. The Morgan fingerprint density at radius 2 is 1.46 bits per heavy atom. The van der Waals surface area contributed by atoms with E-state index >= 15 is 0 Å². The number of carboxylic acids is 1. The molecule has 15 heteroatoms. The summed E-state index contributed by atoms with van der Waals surface area (Å²) in [4.78, 5) is 79.7. The number of H-pyrrole nitrogens is 1. The van der Waals surface area contributed by atoms with Gasteiger partial charge in [-0.2, -0.15) is 0 Å². The highest BCUT2D eigenvalue weighted by molar-refractivity contribution is 5.96. The summed E-state index contributed by atoms with van der Waals surface area (Å²) in [5.74, 6) is -5.51. The fraction of sp³-hybridized carbons (Fsp3) is 0.375. The van der Waals surface area contributed by atoms with Crippen molar-refractivity contribution in [2.45, 2.75) is 56.3 Å². The molecule has 2 aromatic rings. The van der Waals surface area contributed by atoms with E-state index in [1.165, 1.54) is 12.5 Å². The van der Waals surface area contributed by atoms with E-state index in [1.54, 1.807) is 30.3 Å². The van der Waals surface area contributed by atoms with Crippen LogP contribution in [0.3, 0.4) is 0 Å². The number of primary amides is 2. The molecule has 0 aliphatic rings. The van der Waals surface area contributed by atoms with Crippen LogP contribution in [0.4, 0.5) is 0 Å². The van der Waals surface area contributed by atoms with Crippen LogP contribution in [-0.4, -0.2) is 74.7 Å². The van der Waals surface area contributed by atoms with Crippen molar-refractivity contribution in [3.8, 4) is 0 Å². The molecule has 0 bridgehead atoms. The van der Waals surface area contributed by atoms with Crippen molar-refractivity contribution in [2.24, 2.45) is 17.2 Å². The van der Waals surface area contributed by atoms with Gasteiger partial charge in [0.2, 0.25) is 29.5 Å². The number of rotatable bonds is 16. The topological polar surface area (TPSA) is 265 Å². The Bertz CT molecular complexity index is 1160. The van der Waals surface area contributed by atoms with Crippen molar-refractivity contribution in [2.75, 3.05) is 0 Å². The van der Waals surface area contributed by atoms with Gasteiger partial charge in [0.05, 0.1) is 18.8 Å². The molecule has 1 aromatic heterocycles. The lowest BCUT2D eigenvalue weighted by atomic mass is 10.0. The minimum absolute atomic E-state index is 0.0105. The molecule has 4 unspecified atom stereocenters. The standard InChI is InChI=1S/C24H32N8O7/c25-15(6-7-19(26)33)21(35)30-16(8-13-4-2-1-3-5-13)22(36)31-17(10-20(27)34)23(37)32-18(24(38)39)9-14-11-28-12-29-14/h1-5,11-12,15-18H,6-10,25H2,(H2,26,33)(H2,27,34)(H,28,29)(H,30,35)(H,31,36)(H,32,37)(H,38,39). The van der Waals surface area contributed by atoms with Gasteiger partial charge in [0, 0.05) is 31.2 Å². The van der Waals surface area contributed by atoms with Crippen LogP contribution >= 0.6 is 0 Å². The van der Waals surface area contributed by atoms with Crippen LogP contribution in [0.1, 0.15) is 30.5 Å². The molecule has 2 rings (SSSR count). The average Bonchev–Trinajstić information content (AvgIpc) is 3.39. The number of imidazole rings is 1. The molecule has 4 atom stereocenters. The Morgan fingerprint density at radius 3 is 2.03 bits per heavy atom. The number of nitrogens with two attached hydrogens (primary N) is 3. The van der Waals surface area contributed by atoms with Gasteiger partial charge in [0.1, 0.15) is 18.1 Å². The zero-order chi connectivity index (χ0) is 28.9. The Labute approximate surface area is 223 Å². The van der Waals surface area contributed by atoms with Crippen LogP contribution in [0.2, 0.25) is 0 Å². The molecule has 0 aliphatic heterocycles. The number of hydrogen-bond acceptors (Lipinski definition) is 8. The number of aliphatic carboxylic acids is 1. The normalized spacial score (nSPS) is 13.8. The highest BCUT2D eigenvalue weighted by Gasteiger charge is 2.31. The molecule has 39 heavy (non-hydrogen) atoms. The molecule has 0 spiro atoms. The monoisotopic (exact) mass is 544 g/mol. The van der Waals surface area contributed by atoms with E-state index < -0.39 is 66.1 Å². The first-order valence-corrected chi connectivity index (χ1v) is 11.9. The summed E-state index contributed by atoms with van der Waals surface area (Å²) in [6.07, 6.45) is 1.73. The number of nitrogens with zero attached hydrogens (tertiary/aromatic N) is 1. The SMILES string of the molecule is NC(=O)CCC(N)C(=O)NC(Cc1ccccc1)C(=O)NC(CC(N)=O)C(=O)NC(Cc1cnc[nH]1)C(=O)O. The van der Waals surface area contributed by atoms with Crippen molar-refractivity contribution in [3.05, 3.63) is 54.1 Å². The van der Waals surface area contributed by atoms with Crippen LogP contribution in [-0.2, 0) is 41.6 Å². The van der Waals surface area contributed by atoms with Crippen molar-refractivity contribution in [1.29, 1.82) is 0 Å². The number of aromatic nitrogens is 2. The number of benzene rings is 1. The largest absolute Gasteiger partial charge is 0.480 e. The molecule has 11 N–H and O–H groups in total. The molecular weight excluding hydrogens is 512 g/mol. The summed E-state index contributed by atoms with van der Waals surface area (Å²) in [5.41, 5.74) is 17.3. The van der Waals surface area contributed by atoms with Crippen LogP contribution in [0.5, 0.6) is 0 Å². The third kappa shape index (κ3) is 10.6. The van der Waals surface area contributed by atoms with Crippen molar-refractivity contribution in [3.63, 3.8) is 0 Å². The highest BCUT2D eigenvalue weighted by atomic mass is 16.4. The second-order valence-electron chi connectivity index (χ2n) is 8.77. The number of carbonyl (C=O) groups is 6. The Hall–Kier alpha value is -4.79.